The molecule has 0 atom stereocenters. The molecule has 8 heteroatoms. The first-order valence-electron chi connectivity index (χ1n) is 7.69. The highest BCUT2D eigenvalue weighted by molar-refractivity contribution is 5.94. The standard InChI is InChI=1S/C16H18N4O4/c1-12-10-15(20(22)23)17-19(12)11-13-2-4-14(5-3-13)16(21)18-6-8-24-9-7-18/h2-5,10H,6-9,11H2,1H3. The van der Waals surface area contributed by atoms with E-state index in [1.807, 2.05) is 12.1 Å². The van der Waals surface area contributed by atoms with Crippen LogP contribution in [0.3, 0.4) is 0 Å². The van der Waals surface area contributed by atoms with E-state index in [2.05, 4.69) is 5.10 Å². The van der Waals surface area contributed by atoms with Gasteiger partial charge in [0.25, 0.3) is 5.91 Å². The van der Waals surface area contributed by atoms with Crippen LogP contribution < -0.4 is 0 Å². The van der Waals surface area contributed by atoms with Crippen LogP contribution in [-0.2, 0) is 11.3 Å². The molecule has 1 saturated heterocycles. The van der Waals surface area contributed by atoms with Crippen LogP contribution in [0.5, 0.6) is 0 Å². The van der Waals surface area contributed by atoms with Gasteiger partial charge in [0.2, 0.25) is 0 Å². The average molecular weight is 330 g/mol. The Morgan fingerprint density at radius 1 is 1.29 bits per heavy atom. The van der Waals surface area contributed by atoms with Crippen LogP contribution in [0.1, 0.15) is 21.6 Å². The third-order valence-corrected chi connectivity index (χ3v) is 3.99. The molecule has 1 aliphatic rings. The number of hydrogen-bond donors (Lipinski definition) is 0. The summed E-state index contributed by atoms with van der Waals surface area (Å²) in [5, 5.41) is 14.7. The molecule has 126 valence electrons. The molecule has 0 N–H and O–H groups in total. The van der Waals surface area contributed by atoms with Gasteiger partial charge in [-0.15, -0.1) is 0 Å². The van der Waals surface area contributed by atoms with Gasteiger partial charge in [-0.2, -0.15) is 4.68 Å². The molecule has 1 aliphatic heterocycles. The average Bonchev–Trinajstić information content (AvgIpc) is 2.97. The SMILES string of the molecule is Cc1cc([N+](=O)[O-])nn1Cc1ccc(C(=O)N2CCOCC2)cc1. The topological polar surface area (TPSA) is 90.5 Å². The number of aryl methyl sites for hydroxylation is 1. The second-order valence-electron chi connectivity index (χ2n) is 5.66. The number of carbonyl (C=O) groups is 1. The van der Waals surface area contributed by atoms with E-state index >= 15 is 0 Å². The number of hydrogen-bond acceptors (Lipinski definition) is 5. The number of rotatable bonds is 4. The summed E-state index contributed by atoms with van der Waals surface area (Å²) in [6.45, 7) is 4.55. The number of benzene rings is 1. The van der Waals surface area contributed by atoms with Crippen LogP contribution in [-0.4, -0.2) is 51.8 Å². The zero-order valence-corrected chi connectivity index (χ0v) is 13.3. The van der Waals surface area contributed by atoms with Crippen molar-refractivity contribution in [2.24, 2.45) is 0 Å². The summed E-state index contributed by atoms with van der Waals surface area (Å²) in [6.07, 6.45) is 0. The summed E-state index contributed by atoms with van der Waals surface area (Å²) < 4.78 is 6.83. The smallest absolute Gasteiger partial charge is 0.378 e. The minimum Gasteiger partial charge on any atom is -0.378 e. The van der Waals surface area contributed by atoms with Crippen molar-refractivity contribution < 1.29 is 14.5 Å². The van der Waals surface area contributed by atoms with Gasteiger partial charge in [0.1, 0.15) is 0 Å². The summed E-state index contributed by atoms with van der Waals surface area (Å²) in [6, 6.07) is 8.69. The lowest BCUT2D eigenvalue weighted by Gasteiger charge is -2.26. The van der Waals surface area contributed by atoms with E-state index in [0.717, 1.165) is 11.3 Å². The zero-order chi connectivity index (χ0) is 17.1. The minimum atomic E-state index is -0.506. The quantitative estimate of drug-likeness (QED) is 0.627. The fourth-order valence-electron chi connectivity index (χ4n) is 2.62. The molecular formula is C16H18N4O4. The maximum Gasteiger partial charge on any atom is 0.390 e. The van der Waals surface area contributed by atoms with Crippen molar-refractivity contribution in [3.63, 3.8) is 0 Å². The van der Waals surface area contributed by atoms with Crippen molar-refractivity contribution in [1.82, 2.24) is 14.7 Å². The molecule has 1 fully saturated rings. The zero-order valence-electron chi connectivity index (χ0n) is 13.3. The Morgan fingerprint density at radius 2 is 1.96 bits per heavy atom. The molecule has 8 nitrogen and oxygen atoms in total. The summed E-state index contributed by atoms with van der Waals surface area (Å²) in [7, 11) is 0. The van der Waals surface area contributed by atoms with E-state index in [0.29, 0.717) is 38.4 Å². The lowest BCUT2D eigenvalue weighted by Crippen LogP contribution is -2.40. The van der Waals surface area contributed by atoms with Gasteiger partial charge in [-0.05, 0) is 29.5 Å². The van der Waals surface area contributed by atoms with Crippen molar-refractivity contribution in [1.29, 1.82) is 0 Å². The number of carbonyl (C=O) groups excluding carboxylic acids is 1. The maximum absolute atomic E-state index is 12.4. The van der Waals surface area contributed by atoms with Crippen molar-refractivity contribution >= 4 is 11.7 Å². The molecule has 3 rings (SSSR count). The van der Waals surface area contributed by atoms with Crippen LogP contribution in [0.4, 0.5) is 5.82 Å². The molecule has 2 heterocycles. The second-order valence-corrected chi connectivity index (χ2v) is 5.66. The van der Waals surface area contributed by atoms with Crippen LogP contribution in [0.25, 0.3) is 0 Å². The van der Waals surface area contributed by atoms with Gasteiger partial charge >= 0.3 is 5.82 Å². The molecule has 0 aliphatic carbocycles. The normalized spacial score (nSPS) is 14.6. The lowest BCUT2D eigenvalue weighted by atomic mass is 10.1. The summed E-state index contributed by atoms with van der Waals surface area (Å²) >= 11 is 0. The molecule has 0 unspecified atom stereocenters. The van der Waals surface area contributed by atoms with Crippen molar-refractivity contribution in [2.45, 2.75) is 13.5 Å². The minimum absolute atomic E-state index is 0.00393. The van der Waals surface area contributed by atoms with E-state index in [-0.39, 0.29) is 11.7 Å². The number of nitrogens with zero attached hydrogens (tertiary/aromatic N) is 4. The highest BCUT2D eigenvalue weighted by atomic mass is 16.6. The number of amides is 1. The van der Waals surface area contributed by atoms with Gasteiger partial charge < -0.3 is 19.8 Å². The third kappa shape index (κ3) is 3.43. The monoisotopic (exact) mass is 330 g/mol. The molecule has 0 radical (unpaired) electrons. The molecule has 1 aromatic carbocycles. The van der Waals surface area contributed by atoms with Gasteiger partial charge in [0, 0.05) is 18.7 Å². The van der Waals surface area contributed by atoms with Crippen molar-refractivity contribution in [3.05, 3.63) is 57.3 Å². The highest BCUT2D eigenvalue weighted by Crippen LogP contribution is 2.14. The summed E-state index contributed by atoms with van der Waals surface area (Å²) in [5.41, 5.74) is 2.27. The Balaban J connectivity index is 1.70. The molecule has 0 saturated carbocycles. The van der Waals surface area contributed by atoms with Gasteiger partial charge in [-0.1, -0.05) is 12.1 Å². The Hall–Kier alpha value is -2.74. The summed E-state index contributed by atoms with van der Waals surface area (Å²) in [5.74, 6) is -0.164. The van der Waals surface area contributed by atoms with Crippen molar-refractivity contribution in [2.75, 3.05) is 26.3 Å². The highest BCUT2D eigenvalue weighted by Gasteiger charge is 2.19. The first-order chi connectivity index (χ1) is 11.5. The predicted molar refractivity (Wildman–Crippen MR) is 85.9 cm³/mol. The van der Waals surface area contributed by atoms with Gasteiger partial charge in [0.05, 0.1) is 36.6 Å². The number of morpholine rings is 1. The Kier molecular flexibility index (Phi) is 4.57. The van der Waals surface area contributed by atoms with Crippen LogP contribution in [0.2, 0.25) is 0 Å². The van der Waals surface area contributed by atoms with Gasteiger partial charge in [0.15, 0.2) is 0 Å². The Morgan fingerprint density at radius 3 is 2.54 bits per heavy atom. The van der Waals surface area contributed by atoms with Crippen LogP contribution in [0.15, 0.2) is 30.3 Å². The molecule has 1 aromatic heterocycles. The van der Waals surface area contributed by atoms with Gasteiger partial charge in [-0.25, -0.2) is 0 Å². The van der Waals surface area contributed by atoms with Crippen molar-refractivity contribution in [3.8, 4) is 0 Å². The fraction of sp³-hybridized carbons (Fsp3) is 0.375. The first-order valence-corrected chi connectivity index (χ1v) is 7.69. The molecule has 1 amide bonds. The van der Waals surface area contributed by atoms with Crippen LogP contribution in [0, 0.1) is 17.0 Å². The van der Waals surface area contributed by atoms with E-state index in [1.165, 1.54) is 6.07 Å². The maximum atomic E-state index is 12.4. The molecule has 24 heavy (non-hydrogen) atoms. The molecule has 0 spiro atoms. The van der Waals surface area contributed by atoms with E-state index < -0.39 is 4.92 Å². The molecular weight excluding hydrogens is 312 g/mol. The Bertz CT molecular complexity index is 748. The number of ether oxygens (including phenoxy) is 1. The van der Waals surface area contributed by atoms with E-state index in [9.17, 15) is 14.9 Å². The number of aromatic nitrogens is 2. The first kappa shape index (κ1) is 16.1. The Labute approximate surface area is 138 Å². The number of nitro groups is 1. The van der Waals surface area contributed by atoms with Crippen LogP contribution >= 0.6 is 0 Å². The van der Waals surface area contributed by atoms with E-state index in [1.54, 1.807) is 28.6 Å². The largest absolute Gasteiger partial charge is 0.390 e. The summed E-state index contributed by atoms with van der Waals surface area (Å²) in [4.78, 5) is 24.4. The molecule has 0 bridgehead atoms. The fourth-order valence-corrected chi connectivity index (χ4v) is 2.62. The third-order valence-electron chi connectivity index (χ3n) is 3.99. The predicted octanol–water partition coefficient (Wildman–Crippen LogP) is 1.62. The van der Waals surface area contributed by atoms with Gasteiger partial charge in [-0.3, -0.25) is 4.79 Å². The van der Waals surface area contributed by atoms with E-state index in [4.69, 9.17) is 4.74 Å². The lowest BCUT2D eigenvalue weighted by molar-refractivity contribution is -0.389. The second kappa shape index (κ2) is 6.79. The molecule has 2 aromatic rings.